The van der Waals surface area contributed by atoms with E-state index < -0.39 is 0 Å². The molecule has 2 rings (SSSR count). The molecule has 0 spiro atoms. The molecule has 0 saturated heterocycles. The molecule has 21 heavy (non-hydrogen) atoms. The first-order valence-electron chi connectivity index (χ1n) is 8.43. The molecular weight excluding hydrogens is 260 g/mol. The van der Waals surface area contributed by atoms with Crippen molar-refractivity contribution in [3.8, 4) is 0 Å². The predicted octanol–water partition coefficient (Wildman–Crippen LogP) is 4.26. The summed E-state index contributed by atoms with van der Waals surface area (Å²) in [4.78, 5) is 9.12. The van der Waals surface area contributed by atoms with Crippen molar-refractivity contribution in [3.63, 3.8) is 0 Å². The van der Waals surface area contributed by atoms with Crippen LogP contribution in [-0.2, 0) is 0 Å². The van der Waals surface area contributed by atoms with Crippen LogP contribution in [0, 0.1) is 12.8 Å². The normalized spacial score (nSPS) is 18.0. The van der Waals surface area contributed by atoms with Gasteiger partial charge in [0.05, 0.1) is 0 Å². The highest BCUT2D eigenvalue weighted by molar-refractivity contribution is 5.55. The van der Waals surface area contributed by atoms with Crippen molar-refractivity contribution in [1.82, 2.24) is 9.97 Å². The number of hydrogen-bond acceptors (Lipinski definition) is 4. The van der Waals surface area contributed by atoms with Crippen LogP contribution in [-0.4, -0.2) is 16.0 Å². The van der Waals surface area contributed by atoms with Gasteiger partial charge in [-0.25, -0.2) is 9.97 Å². The fourth-order valence-corrected chi connectivity index (χ4v) is 3.22. The molecule has 118 valence electrons. The standard InChI is InChI=1S/C17H30N4/c1-5-14(13-9-7-6-8-10-13)19-17-12(4)15(18)20-16(21-17)11(2)3/h11,13-14H,5-10H2,1-4H3,(H3,18,19,20,21). The topological polar surface area (TPSA) is 63.8 Å². The number of hydrogen-bond donors (Lipinski definition) is 2. The van der Waals surface area contributed by atoms with Gasteiger partial charge in [0.25, 0.3) is 0 Å². The van der Waals surface area contributed by atoms with Crippen LogP contribution in [0.25, 0.3) is 0 Å². The quantitative estimate of drug-likeness (QED) is 0.850. The molecule has 4 nitrogen and oxygen atoms in total. The van der Waals surface area contributed by atoms with Crippen molar-refractivity contribution in [2.24, 2.45) is 5.92 Å². The van der Waals surface area contributed by atoms with Crippen molar-refractivity contribution in [2.75, 3.05) is 11.1 Å². The number of nitrogens with one attached hydrogen (secondary N) is 1. The molecule has 1 unspecified atom stereocenters. The molecule has 3 N–H and O–H groups in total. The zero-order valence-corrected chi connectivity index (χ0v) is 13.9. The van der Waals surface area contributed by atoms with Crippen molar-refractivity contribution >= 4 is 11.6 Å². The molecule has 0 bridgehead atoms. The van der Waals surface area contributed by atoms with Gasteiger partial charge in [-0.1, -0.05) is 40.0 Å². The Morgan fingerprint density at radius 3 is 2.43 bits per heavy atom. The van der Waals surface area contributed by atoms with Crippen LogP contribution >= 0.6 is 0 Å². The Labute approximate surface area is 128 Å². The van der Waals surface area contributed by atoms with Gasteiger partial charge < -0.3 is 11.1 Å². The minimum atomic E-state index is 0.295. The van der Waals surface area contributed by atoms with E-state index in [0.717, 1.165) is 29.5 Å². The van der Waals surface area contributed by atoms with Crippen LogP contribution in [0.5, 0.6) is 0 Å². The molecule has 1 atom stereocenters. The Balaban J connectivity index is 2.19. The average molecular weight is 290 g/mol. The summed E-state index contributed by atoms with van der Waals surface area (Å²) in [5, 5.41) is 3.67. The lowest BCUT2D eigenvalue weighted by Crippen LogP contribution is -2.31. The fraction of sp³-hybridized carbons (Fsp3) is 0.765. The van der Waals surface area contributed by atoms with E-state index in [-0.39, 0.29) is 0 Å². The third kappa shape index (κ3) is 3.86. The van der Waals surface area contributed by atoms with Crippen LogP contribution in [0.1, 0.15) is 76.6 Å². The van der Waals surface area contributed by atoms with Gasteiger partial charge >= 0.3 is 0 Å². The van der Waals surface area contributed by atoms with E-state index in [1.165, 1.54) is 32.1 Å². The van der Waals surface area contributed by atoms with Gasteiger partial charge in [-0.3, -0.25) is 0 Å². The maximum Gasteiger partial charge on any atom is 0.135 e. The lowest BCUT2D eigenvalue weighted by Gasteiger charge is -2.31. The highest BCUT2D eigenvalue weighted by Gasteiger charge is 2.23. The zero-order chi connectivity index (χ0) is 15.4. The zero-order valence-electron chi connectivity index (χ0n) is 13.9. The van der Waals surface area contributed by atoms with E-state index in [1.807, 2.05) is 6.92 Å². The summed E-state index contributed by atoms with van der Waals surface area (Å²) in [5.74, 6) is 3.43. The third-order valence-corrected chi connectivity index (χ3v) is 4.70. The molecule has 1 aliphatic carbocycles. The number of rotatable bonds is 5. The monoisotopic (exact) mass is 290 g/mol. The number of nitrogens with two attached hydrogens (primary N) is 1. The molecule has 0 amide bonds. The van der Waals surface area contributed by atoms with E-state index in [2.05, 4.69) is 31.1 Å². The molecular formula is C17H30N4. The molecule has 0 aliphatic heterocycles. The molecule has 1 aliphatic rings. The first-order valence-corrected chi connectivity index (χ1v) is 8.43. The number of nitrogens with zero attached hydrogens (tertiary/aromatic N) is 2. The molecule has 0 radical (unpaired) electrons. The lowest BCUT2D eigenvalue weighted by atomic mass is 9.83. The lowest BCUT2D eigenvalue weighted by molar-refractivity contribution is 0.312. The Morgan fingerprint density at radius 1 is 1.19 bits per heavy atom. The second-order valence-electron chi connectivity index (χ2n) is 6.65. The van der Waals surface area contributed by atoms with Crippen LogP contribution in [0.4, 0.5) is 11.6 Å². The molecule has 0 aromatic carbocycles. The summed E-state index contributed by atoms with van der Waals surface area (Å²) < 4.78 is 0. The smallest absolute Gasteiger partial charge is 0.135 e. The van der Waals surface area contributed by atoms with Gasteiger partial charge in [0, 0.05) is 17.5 Å². The van der Waals surface area contributed by atoms with Crippen LogP contribution < -0.4 is 11.1 Å². The van der Waals surface area contributed by atoms with Crippen molar-refractivity contribution in [2.45, 2.75) is 78.2 Å². The van der Waals surface area contributed by atoms with Crippen molar-refractivity contribution < 1.29 is 0 Å². The average Bonchev–Trinajstić information content (AvgIpc) is 2.49. The van der Waals surface area contributed by atoms with Crippen LogP contribution in [0.3, 0.4) is 0 Å². The molecule has 1 fully saturated rings. The molecule has 1 aromatic heterocycles. The molecule has 1 heterocycles. The van der Waals surface area contributed by atoms with Gasteiger partial charge in [0.1, 0.15) is 17.5 Å². The third-order valence-electron chi connectivity index (χ3n) is 4.70. The van der Waals surface area contributed by atoms with Gasteiger partial charge in [-0.15, -0.1) is 0 Å². The Kier molecular flexibility index (Phi) is 5.43. The minimum absolute atomic E-state index is 0.295. The van der Waals surface area contributed by atoms with Gasteiger partial charge in [0.15, 0.2) is 0 Å². The first-order chi connectivity index (χ1) is 10.0. The van der Waals surface area contributed by atoms with Crippen LogP contribution in [0.15, 0.2) is 0 Å². The summed E-state index contributed by atoms with van der Waals surface area (Å²) in [6.07, 6.45) is 7.93. The number of anilines is 2. The van der Waals surface area contributed by atoms with Crippen molar-refractivity contribution in [3.05, 3.63) is 11.4 Å². The summed E-state index contributed by atoms with van der Waals surface area (Å²) in [6.45, 7) is 8.48. The minimum Gasteiger partial charge on any atom is -0.383 e. The van der Waals surface area contributed by atoms with E-state index in [0.29, 0.717) is 17.8 Å². The van der Waals surface area contributed by atoms with Gasteiger partial charge in [-0.2, -0.15) is 0 Å². The van der Waals surface area contributed by atoms with Gasteiger partial charge in [0.2, 0.25) is 0 Å². The fourth-order valence-electron chi connectivity index (χ4n) is 3.22. The van der Waals surface area contributed by atoms with Crippen molar-refractivity contribution in [1.29, 1.82) is 0 Å². The Morgan fingerprint density at radius 2 is 1.86 bits per heavy atom. The molecule has 4 heteroatoms. The van der Waals surface area contributed by atoms with E-state index in [1.54, 1.807) is 0 Å². The maximum absolute atomic E-state index is 6.06. The SMILES string of the molecule is CCC(Nc1nc(C(C)C)nc(N)c1C)C1CCCCC1. The largest absolute Gasteiger partial charge is 0.383 e. The van der Waals surface area contributed by atoms with E-state index in [4.69, 9.17) is 10.7 Å². The Hall–Kier alpha value is -1.32. The highest BCUT2D eigenvalue weighted by Crippen LogP contribution is 2.30. The summed E-state index contributed by atoms with van der Waals surface area (Å²) in [5.41, 5.74) is 7.04. The number of nitrogen functional groups attached to an aromatic ring is 1. The predicted molar refractivity (Wildman–Crippen MR) is 89.5 cm³/mol. The summed E-state index contributed by atoms with van der Waals surface area (Å²) >= 11 is 0. The molecule has 1 saturated carbocycles. The second-order valence-corrected chi connectivity index (χ2v) is 6.65. The second kappa shape index (κ2) is 7.10. The maximum atomic E-state index is 6.06. The van der Waals surface area contributed by atoms with E-state index >= 15 is 0 Å². The first kappa shape index (κ1) is 16.1. The number of aromatic nitrogens is 2. The molecule has 1 aromatic rings. The van der Waals surface area contributed by atoms with Gasteiger partial charge in [-0.05, 0) is 32.1 Å². The Bertz CT molecular complexity index is 464. The summed E-state index contributed by atoms with van der Waals surface area (Å²) in [7, 11) is 0. The van der Waals surface area contributed by atoms with Crippen LogP contribution in [0.2, 0.25) is 0 Å². The summed E-state index contributed by atoms with van der Waals surface area (Å²) in [6, 6.07) is 0.498. The highest BCUT2D eigenvalue weighted by atomic mass is 15.1. The van der Waals surface area contributed by atoms with E-state index in [9.17, 15) is 0 Å².